The first-order valence-corrected chi connectivity index (χ1v) is 5.31. The van der Waals surface area contributed by atoms with Gasteiger partial charge in [0.1, 0.15) is 0 Å². The third-order valence-corrected chi connectivity index (χ3v) is 1.90. The molecule has 0 spiro atoms. The molecule has 0 fully saturated rings. The van der Waals surface area contributed by atoms with E-state index in [1.54, 1.807) is 12.2 Å². The van der Waals surface area contributed by atoms with E-state index in [0.717, 1.165) is 12.2 Å². The first-order chi connectivity index (χ1) is 7.91. The maximum absolute atomic E-state index is 10.2. The number of ether oxygens (including phenoxy) is 1. The summed E-state index contributed by atoms with van der Waals surface area (Å²) in [5.41, 5.74) is 0. The Morgan fingerprint density at radius 3 is 1.65 bits per heavy atom. The molecule has 0 aliphatic rings. The van der Waals surface area contributed by atoms with Crippen molar-refractivity contribution in [2.24, 2.45) is 11.8 Å². The fraction of sp³-hybridized carbons (Fsp3) is 0.500. The minimum Gasteiger partial charge on any atom is -0.478 e. The molecule has 2 N–H and O–H groups in total. The molecule has 5 heteroatoms. The van der Waals surface area contributed by atoms with Crippen LogP contribution in [0.4, 0.5) is 0 Å². The van der Waals surface area contributed by atoms with Crippen LogP contribution in [0.15, 0.2) is 24.3 Å². The van der Waals surface area contributed by atoms with E-state index >= 15 is 0 Å². The molecule has 0 saturated heterocycles. The molecular weight excluding hydrogens is 224 g/mol. The van der Waals surface area contributed by atoms with Crippen molar-refractivity contribution < 1.29 is 24.5 Å². The third kappa shape index (κ3) is 10.7. The fourth-order valence-corrected chi connectivity index (χ4v) is 1.04. The molecule has 0 rings (SSSR count). The molecule has 0 unspecified atom stereocenters. The van der Waals surface area contributed by atoms with Crippen molar-refractivity contribution >= 4 is 11.9 Å². The van der Waals surface area contributed by atoms with Crippen LogP contribution in [0, 0.1) is 11.8 Å². The Balaban J connectivity index is 3.76. The van der Waals surface area contributed by atoms with Crippen LogP contribution in [0.5, 0.6) is 0 Å². The van der Waals surface area contributed by atoms with Crippen molar-refractivity contribution in [2.45, 2.75) is 13.8 Å². The average molecular weight is 242 g/mol. The van der Waals surface area contributed by atoms with E-state index in [9.17, 15) is 9.59 Å². The smallest absolute Gasteiger partial charge is 0.327 e. The Hall–Kier alpha value is -1.62. The van der Waals surface area contributed by atoms with E-state index in [-0.39, 0.29) is 11.8 Å². The number of carbonyl (C=O) groups is 2. The number of rotatable bonds is 8. The lowest BCUT2D eigenvalue weighted by Crippen LogP contribution is -2.09. The molecule has 0 saturated carbocycles. The molecule has 0 amide bonds. The Bertz CT molecular complexity index is 276. The maximum atomic E-state index is 10.2. The van der Waals surface area contributed by atoms with Gasteiger partial charge in [-0.3, -0.25) is 0 Å². The summed E-state index contributed by atoms with van der Waals surface area (Å²) in [5, 5.41) is 16.8. The number of aliphatic carboxylic acids is 2. The molecule has 96 valence electrons. The van der Waals surface area contributed by atoms with Crippen LogP contribution in [0.1, 0.15) is 13.8 Å². The van der Waals surface area contributed by atoms with Crippen LogP contribution >= 0.6 is 0 Å². The summed E-state index contributed by atoms with van der Waals surface area (Å²) in [7, 11) is 0. The Labute approximate surface area is 100 Å². The zero-order valence-corrected chi connectivity index (χ0v) is 10.00. The highest BCUT2D eigenvalue weighted by atomic mass is 16.5. The van der Waals surface area contributed by atoms with E-state index in [1.165, 1.54) is 0 Å². The lowest BCUT2D eigenvalue weighted by molar-refractivity contribution is -0.132. The van der Waals surface area contributed by atoms with Crippen molar-refractivity contribution in [3.63, 3.8) is 0 Å². The van der Waals surface area contributed by atoms with Gasteiger partial charge in [0.15, 0.2) is 0 Å². The molecule has 0 aromatic carbocycles. The molecule has 0 aliphatic carbocycles. The second kappa shape index (κ2) is 8.52. The summed E-state index contributed by atoms with van der Waals surface area (Å²) >= 11 is 0. The zero-order valence-electron chi connectivity index (χ0n) is 10.00. The van der Waals surface area contributed by atoms with Gasteiger partial charge in [0.05, 0.1) is 13.2 Å². The monoisotopic (exact) mass is 242 g/mol. The molecule has 0 aromatic heterocycles. The van der Waals surface area contributed by atoms with Gasteiger partial charge in [-0.25, -0.2) is 9.59 Å². The Morgan fingerprint density at radius 1 is 1.00 bits per heavy atom. The van der Waals surface area contributed by atoms with Gasteiger partial charge in [0.2, 0.25) is 0 Å². The minimum absolute atomic E-state index is 0.0155. The summed E-state index contributed by atoms with van der Waals surface area (Å²) in [6.45, 7) is 4.51. The van der Waals surface area contributed by atoms with Gasteiger partial charge >= 0.3 is 11.9 Å². The number of hydrogen-bond donors (Lipinski definition) is 2. The third-order valence-electron chi connectivity index (χ3n) is 1.90. The van der Waals surface area contributed by atoms with Crippen LogP contribution in [0.2, 0.25) is 0 Å². The Kier molecular flexibility index (Phi) is 7.71. The first kappa shape index (κ1) is 15.4. The van der Waals surface area contributed by atoms with Crippen LogP contribution in [0.25, 0.3) is 0 Å². The highest BCUT2D eigenvalue weighted by Crippen LogP contribution is 2.02. The summed E-state index contributed by atoms with van der Waals surface area (Å²) in [5.74, 6) is -1.92. The van der Waals surface area contributed by atoms with Gasteiger partial charge < -0.3 is 14.9 Å². The topological polar surface area (TPSA) is 83.8 Å². The van der Waals surface area contributed by atoms with Gasteiger partial charge in [0, 0.05) is 12.2 Å². The van der Waals surface area contributed by atoms with E-state index < -0.39 is 11.9 Å². The van der Waals surface area contributed by atoms with Crippen molar-refractivity contribution in [1.82, 2.24) is 0 Å². The van der Waals surface area contributed by atoms with Crippen molar-refractivity contribution in [3.05, 3.63) is 24.3 Å². The number of carboxylic acid groups (broad SMARTS) is 2. The number of carboxylic acids is 2. The lowest BCUT2D eigenvalue weighted by Gasteiger charge is -2.10. The zero-order chi connectivity index (χ0) is 13.3. The molecule has 2 atom stereocenters. The van der Waals surface area contributed by atoms with Gasteiger partial charge in [0.25, 0.3) is 0 Å². The van der Waals surface area contributed by atoms with Gasteiger partial charge in [-0.2, -0.15) is 0 Å². The van der Waals surface area contributed by atoms with E-state index in [0.29, 0.717) is 13.2 Å². The van der Waals surface area contributed by atoms with Gasteiger partial charge in [-0.1, -0.05) is 26.0 Å². The number of hydrogen-bond acceptors (Lipinski definition) is 3. The minimum atomic E-state index is -0.977. The second-order valence-electron chi connectivity index (χ2n) is 3.89. The molecule has 17 heavy (non-hydrogen) atoms. The molecule has 0 aliphatic heterocycles. The van der Waals surface area contributed by atoms with Gasteiger partial charge in [-0.05, 0) is 11.8 Å². The van der Waals surface area contributed by atoms with E-state index in [2.05, 4.69) is 0 Å². The summed E-state index contributed by atoms with van der Waals surface area (Å²) in [6, 6.07) is 0. The molecule has 5 nitrogen and oxygen atoms in total. The molecule has 0 bridgehead atoms. The SMILES string of the molecule is C[C@H](/C=C/C(=O)O)COC[C@@H](C)/C=C/C(=O)O. The molecule has 0 aromatic rings. The fourth-order valence-electron chi connectivity index (χ4n) is 1.04. The predicted molar refractivity (Wildman–Crippen MR) is 62.7 cm³/mol. The average Bonchev–Trinajstić information content (AvgIpc) is 2.23. The summed E-state index contributed by atoms with van der Waals surface area (Å²) < 4.78 is 5.33. The molecule has 0 heterocycles. The highest BCUT2D eigenvalue weighted by Gasteiger charge is 2.02. The second-order valence-corrected chi connectivity index (χ2v) is 3.89. The van der Waals surface area contributed by atoms with Gasteiger partial charge in [-0.15, -0.1) is 0 Å². The normalized spacial score (nSPS) is 15.2. The predicted octanol–water partition coefficient (Wildman–Crippen LogP) is 1.56. The first-order valence-electron chi connectivity index (χ1n) is 5.31. The van der Waals surface area contributed by atoms with Crippen molar-refractivity contribution in [3.8, 4) is 0 Å². The Morgan fingerprint density at radius 2 is 1.35 bits per heavy atom. The van der Waals surface area contributed by atoms with Crippen LogP contribution in [0.3, 0.4) is 0 Å². The summed E-state index contributed by atoms with van der Waals surface area (Å²) in [4.78, 5) is 20.5. The highest BCUT2D eigenvalue weighted by molar-refractivity contribution is 5.80. The largest absolute Gasteiger partial charge is 0.478 e. The standard InChI is InChI=1S/C12H18O5/c1-9(3-5-11(13)14)7-17-8-10(2)4-6-12(15)16/h3-6,9-10H,7-8H2,1-2H3,(H,13,14)(H,15,16)/b5-3+,6-4+/t9-,10+. The molecule has 0 radical (unpaired) electrons. The molecular formula is C12H18O5. The maximum Gasteiger partial charge on any atom is 0.327 e. The summed E-state index contributed by atoms with van der Waals surface area (Å²) in [6.07, 6.45) is 5.28. The van der Waals surface area contributed by atoms with Crippen molar-refractivity contribution in [1.29, 1.82) is 0 Å². The van der Waals surface area contributed by atoms with Crippen LogP contribution in [-0.2, 0) is 14.3 Å². The lowest BCUT2D eigenvalue weighted by atomic mass is 10.1. The van der Waals surface area contributed by atoms with E-state index in [4.69, 9.17) is 14.9 Å². The van der Waals surface area contributed by atoms with Crippen LogP contribution in [-0.4, -0.2) is 35.4 Å². The van der Waals surface area contributed by atoms with Crippen molar-refractivity contribution in [2.75, 3.05) is 13.2 Å². The van der Waals surface area contributed by atoms with E-state index in [1.807, 2.05) is 13.8 Å². The quantitative estimate of drug-likeness (QED) is 0.631. The van der Waals surface area contributed by atoms with Crippen LogP contribution < -0.4 is 0 Å².